The van der Waals surface area contributed by atoms with Crippen LogP contribution in [0.25, 0.3) is 0 Å². The first kappa shape index (κ1) is 16.3. The lowest BCUT2D eigenvalue weighted by molar-refractivity contribution is 0.144. The van der Waals surface area contributed by atoms with Crippen LogP contribution in [-0.2, 0) is 4.74 Å². The van der Waals surface area contributed by atoms with Crippen LogP contribution in [0.1, 0.15) is 71.6 Å². The van der Waals surface area contributed by atoms with Gasteiger partial charge in [0.1, 0.15) is 0 Å². The number of hydrogen-bond donors (Lipinski definition) is 1. The molecule has 3 nitrogen and oxygen atoms in total. The summed E-state index contributed by atoms with van der Waals surface area (Å²) < 4.78 is 5.04. The molecule has 0 bridgehead atoms. The topological polar surface area (TPSA) is 38.3 Å². The highest BCUT2D eigenvalue weighted by molar-refractivity contribution is 5.66. The second kappa shape index (κ2) is 13.3. The van der Waals surface area contributed by atoms with Crippen molar-refractivity contribution >= 4 is 6.09 Å². The third kappa shape index (κ3) is 13.2. The van der Waals surface area contributed by atoms with Gasteiger partial charge in [0.2, 0.25) is 0 Å². The minimum Gasteiger partial charge on any atom is -0.450 e. The van der Waals surface area contributed by atoms with E-state index in [0.717, 1.165) is 12.8 Å². The van der Waals surface area contributed by atoms with Gasteiger partial charge in [-0.2, -0.15) is 0 Å². The van der Waals surface area contributed by atoms with Crippen LogP contribution in [0, 0.1) is 0 Å². The SMILES string of the molecule is CCCCCCCCCCOC(=O)NCCC. The van der Waals surface area contributed by atoms with Crippen molar-refractivity contribution < 1.29 is 9.53 Å². The van der Waals surface area contributed by atoms with Gasteiger partial charge in [0.25, 0.3) is 0 Å². The van der Waals surface area contributed by atoms with Crippen molar-refractivity contribution in [1.82, 2.24) is 5.32 Å². The number of ether oxygens (including phenoxy) is 1. The van der Waals surface area contributed by atoms with Crippen LogP contribution in [0.5, 0.6) is 0 Å². The molecule has 0 saturated carbocycles. The van der Waals surface area contributed by atoms with E-state index < -0.39 is 0 Å². The highest BCUT2D eigenvalue weighted by Crippen LogP contribution is 2.08. The Hall–Kier alpha value is -0.730. The average Bonchev–Trinajstić information content (AvgIpc) is 2.34. The molecule has 0 atom stereocenters. The summed E-state index contributed by atoms with van der Waals surface area (Å²) in [6, 6.07) is 0. The van der Waals surface area contributed by atoms with E-state index in [1.54, 1.807) is 0 Å². The van der Waals surface area contributed by atoms with Crippen molar-refractivity contribution in [3.8, 4) is 0 Å². The second-order valence-electron chi connectivity index (χ2n) is 4.54. The molecule has 0 spiro atoms. The van der Waals surface area contributed by atoms with Crippen LogP contribution in [-0.4, -0.2) is 19.2 Å². The Morgan fingerprint density at radius 3 is 2.06 bits per heavy atom. The third-order valence-corrected chi connectivity index (χ3v) is 2.75. The maximum Gasteiger partial charge on any atom is 0.407 e. The molecule has 3 heteroatoms. The molecule has 0 aromatic rings. The standard InChI is InChI=1S/C14H29NO2/c1-3-5-6-7-8-9-10-11-13-17-14(16)15-12-4-2/h3-13H2,1-2H3,(H,15,16). The van der Waals surface area contributed by atoms with Crippen molar-refractivity contribution in [2.24, 2.45) is 0 Å². The van der Waals surface area contributed by atoms with Crippen molar-refractivity contribution in [3.05, 3.63) is 0 Å². The number of carbonyl (C=O) groups is 1. The zero-order valence-corrected chi connectivity index (χ0v) is 11.6. The smallest absolute Gasteiger partial charge is 0.407 e. The van der Waals surface area contributed by atoms with E-state index in [4.69, 9.17) is 4.74 Å². The average molecular weight is 243 g/mol. The molecule has 0 saturated heterocycles. The van der Waals surface area contributed by atoms with Gasteiger partial charge >= 0.3 is 6.09 Å². The lowest BCUT2D eigenvalue weighted by Crippen LogP contribution is -2.25. The Labute approximate surface area is 106 Å². The largest absolute Gasteiger partial charge is 0.450 e. The molecule has 0 rings (SSSR count). The molecule has 0 aromatic carbocycles. The fraction of sp³-hybridized carbons (Fsp3) is 0.929. The zero-order chi connectivity index (χ0) is 12.8. The number of rotatable bonds is 11. The summed E-state index contributed by atoms with van der Waals surface area (Å²) in [5, 5.41) is 2.70. The van der Waals surface area contributed by atoms with Gasteiger partial charge in [0, 0.05) is 6.54 Å². The van der Waals surface area contributed by atoms with E-state index >= 15 is 0 Å². The lowest BCUT2D eigenvalue weighted by Gasteiger charge is -2.05. The number of unbranched alkanes of at least 4 members (excludes halogenated alkanes) is 7. The molecule has 0 heterocycles. The van der Waals surface area contributed by atoms with E-state index in [1.165, 1.54) is 44.9 Å². The van der Waals surface area contributed by atoms with Gasteiger partial charge < -0.3 is 10.1 Å². The molecule has 0 aliphatic heterocycles. The van der Waals surface area contributed by atoms with Gasteiger partial charge in [-0.05, 0) is 12.8 Å². The monoisotopic (exact) mass is 243 g/mol. The first-order chi connectivity index (χ1) is 8.31. The van der Waals surface area contributed by atoms with Gasteiger partial charge in [-0.3, -0.25) is 0 Å². The van der Waals surface area contributed by atoms with Crippen LogP contribution in [0.15, 0.2) is 0 Å². The normalized spacial score (nSPS) is 10.2. The van der Waals surface area contributed by atoms with Gasteiger partial charge in [-0.15, -0.1) is 0 Å². The highest BCUT2D eigenvalue weighted by Gasteiger charge is 1.99. The first-order valence-corrected chi connectivity index (χ1v) is 7.21. The van der Waals surface area contributed by atoms with Gasteiger partial charge in [0.05, 0.1) is 6.61 Å². The Morgan fingerprint density at radius 1 is 0.882 bits per heavy atom. The zero-order valence-electron chi connectivity index (χ0n) is 11.6. The van der Waals surface area contributed by atoms with E-state index in [0.29, 0.717) is 13.2 Å². The van der Waals surface area contributed by atoms with Gasteiger partial charge in [0.15, 0.2) is 0 Å². The number of hydrogen-bond acceptors (Lipinski definition) is 2. The molecular weight excluding hydrogens is 214 g/mol. The number of carbonyl (C=O) groups excluding carboxylic acids is 1. The van der Waals surface area contributed by atoms with Crippen LogP contribution < -0.4 is 5.32 Å². The summed E-state index contributed by atoms with van der Waals surface area (Å²) in [4.78, 5) is 11.1. The highest BCUT2D eigenvalue weighted by atomic mass is 16.5. The predicted octanol–water partition coefficient (Wildman–Crippen LogP) is 4.26. The molecule has 17 heavy (non-hydrogen) atoms. The van der Waals surface area contributed by atoms with Crippen LogP contribution in [0.2, 0.25) is 0 Å². The van der Waals surface area contributed by atoms with Crippen LogP contribution >= 0.6 is 0 Å². The van der Waals surface area contributed by atoms with Crippen LogP contribution in [0.4, 0.5) is 4.79 Å². The number of alkyl carbamates (subject to hydrolysis) is 1. The minimum atomic E-state index is -0.269. The summed E-state index contributed by atoms with van der Waals surface area (Å²) in [6.07, 6.45) is 10.8. The third-order valence-electron chi connectivity index (χ3n) is 2.75. The first-order valence-electron chi connectivity index (χ1n) is 7.21. The Morgan fingerprint density at radius 2 is 1.47 bits per heavy atom. The molecule has 0 unspecified atom stereocenters. The molecule has 0 aliphatic carbocycles. The minimum absolute atomic E-state index is 0.269. The van der Waals surface area contributed by atoms with Crippen molar-refractivity contribution in [2.45, 2.75) is 71.6 Å². The van der Waals surface area contributed by atoms with Crippen molar-refractivity contribution in [2.75, 3.05) is 13.2 Å². The number of nitrogens with one attached hydrogen (secondary N) is 1. The maximum absolute atomic E-state index is 11.1. The fourth-order valence-corrected chi connectivity index (χ4v) is 1.68. The van der Waals surface area contributed by atoms with Gasteiger partial charge in [-0.1, -0.05) is 58.8 Å². The molecule has 1 N–H and O–H groups in total. The lowest BCUT2D eigenvalue weighted by atomic mass is 10.1. The molecule has 102 valence electrons. The summed E-state index contributed by atoms with van der Waals surface area (Å²) in [5.41, 5.74) is 0. The molecule has 0 fully saturated rings. The van der Waals surface area contributed by atoms with Crippen molar-refractivity contribution in [1.29, 1.82) is 0 Å². The molecule has 0 aliphatic rings. The van der Waals surface area contributed by atoms with Crippen LogP contribution in [0.3, 0.4) is 0 Å². The summed E-state index contributed by atoms with van der Waals surface area (Å²) >= 11 is 0. The summed E-state index contributed by atoms with van der Waals surface area (Å²) in [5.74, 6) is 0. The summed E-state index contributed by atoms with van der Waals surface area (Å²) in [7, 11) is 0. The molecular formula is C14H29NO2. The van der Waals surface area contributed by atoms with E-state index in [-0.39, 0.29) is 6.09 Å². The molecule has 0 aromatic heterocycles. The summed E-state index contributed by atoms with van der Waals surface area (Å²) in [6.45, 7) is 5.53. The Balaban J connectivity index is 3.05. The van der Waals surface area contributed by atoms with E-state index in [1.807, 2.05) is 6.92 Å². The predicted molar refractivity (Wildman–Crippen MR) is 72.3 cm³/mol. The van der Waals surface area contributed by atoms with Gasteiger partial charge in [-0.25, -0.2) is 4.79 Å². The maximum atomic E-state index is 11.1. The Kier molecular flexibility index (Phi) is 12.8. The quantitative estimate of drug-likeness (QED) is 0.550. The van der Waals surface area contributed by atoms with E-state index in [9.17, 15) is 4.79 Å². The van der Waals surface area contributed by atoms with E-state index in [2.05, 4.69) is 12.2 Å². The fourth-order valence-electron chi connectivity index (χ4n) is 1.68. The number of amides is 1. The molecule has 0 radical (unpaired) electrons. The second-order valence-corrected chi connectivity index (χ2v) is 4.54. The molecule has 1 amide bonds. The van der Waals surface area contributed by atoms with Crippen molar-refractivity contribution in [3.63, 3.8) is 0 Å². The Bertz CT molecular complexity index is 172.